The van der Waals surface area contributed by atoms with Gasteiger partial charge in [-0.3, -0.25) is 0 Å². The number of hydrogen-bond acceptors (Lipinski definition) is 4. The topological polar surface area (TPSA) is 71.9 Å². The zero-order chi connectivity index (χ0) is 18.0. The van der Waals surface area contributed by atoms with Gasteiger partial charge in [-0.15, -0.1) is 0 Å². The van der Waals surface area contributed by atoms with Crippen LogP contribution in [0.5, 0.6) is 5.75 Å². The van der Waals surface area contributed by atoms with E-state index in [1.165, 1.54) is 5.56 Å². The minimum atomic E-state index is 0.245. The van der Waals surface area contributed by atoms with E-state index < -0.39 is 0 Å². The average molecular weight is 329 g/mol. The summed E-state index contributed by atoms with van der Waals surface area (Å²) in [5.41, 5.74) is 12.1. The van der Waals surface area contributed by atoms with Crippen molar-refractivity contribution in [2.45, 2.75) is 13.8 Å². The van der Waals surface area contributed by atoms with Crippen LogP contribution in [0.25, 0.3) is 22.4 Å². The third-order valence-corrected chi connectivity index (χ3v) is 4.28. The number of nitrogens with zero attached hydrogens (tertiary/aromatic N) is 2. The van der Waals surface area contributed by atoms with Gasteiger partial charge in [-0.2, -0.15) is 5.26 Å². The average Bonchev–Trinajstić information content (AvgIpc) is 2.64. The number of ether oxygens (including phenoxy) is 1. The number of pyridine rings is 1. The van der Waals surface area contributed by atoms with Crippen LogP contribution in [0.4, 0.5) is 5.82 Å². The molecule has 25 heavy (non-hydrogen) atoms. The highest BCUT2D eigenvalue weighted by Gasteiger charge is 2.18. The van der Waals surface area contributed by atoms with Crippen molar-refractivity contribution >= 4 is 5.82 Å². The fourth-order valence-electron chi connectivity index (χ4n) is 2.92. The lowest BCUT2D eigenvalue weighted by molar-refractivity contribution is 0.415. The Bertz CT molecular complexity index is 952. The Labute approximate surface area is 147 Å². The van der Waals surface area contributed by atoms with Crippen molar-refractivity contribution in [3.05, 3.63) is 65.2 Å². The van der Waals surface area contributed by atoms with E-state index in [9.17, 15) is 5.26 Å². The number of rotatable bonds is 3. The third-order valence-electron chi connectivity index (χ3n) is 4.28. The lowest BCUT2D eigenvalue weighted by Gasteiger charge is -2.15. The molecule has 1 heterocycles. The molecule has 0 aliphatic heterocycles. The van der Waals surface area contributed by atoms with Crippen LogP contribution >= 0.6 is 0 Å². The van der Waals surface area contributed by atoms with E-state index in [-0.39, 0.29) is 5.82 Å². The Balaban J connectivity index is 2.25. The Morgan fingerprint density at radius 1 is 0.960 bits per heavy atom. The lowest BCUT2D eigenvalue weighted by Crippen LogP contribution is -2.03. The maximum atomic E-state index is 9.59. The minimum Gasteiger partial charge on any atom is -0.497 e. The Morgan fingerprint density at radius 3 is 2.12 bits per heavy atom. The van der Waals surface area contributed by atoms with Crippen LogP contribution in [0.3, 0.4) is 0 Å². The molecular formula is C21H19N3O. The molecule has 0 aliphatic rings. The van der Waals surface area contributed by atoms with Gasteiger partial charge in [-0.25, -0.2) is 4.98 Å². The van der Waals surface area contributed by atoms with Gasteiger partial charge in [0.05, 0.1) is 12.8 Å². The van der Waals surface area contributed by atoms with Crippen molar-refractivity contribution in [2.75, 3.05) is 12.8 Å². The molecule has 0 spiro atoms. The molecule has 2 N–H and O–H groups in total. The maximum absolute atomic E-state index is 9.59. The first kappa shape index (κ1) is 16.5. The van der Waals surface area contributed by atoms with Crippen molar-refractivity contribution in [1.82, 2.24) is 4.98 Å². The van der Waals surface area contributed by atoms with Gasteiger partial charge >= 0.3 is 0 Å². The number of anilines is 1. The lowest BCUT2D eigenvalue weighted by atomic mass is 9.92. The number of nitrogen functional groups attached to an aromatic ring is 1. The largest absolute Gasteiger partial charge is 0.497 e. The van der Waals surface area contributed by atoms with Gasteiger partial charge < -0.3 is 10.5 Å². The molecule has 3 rings (SSSR count). The summed E-state index contributed by atoms with van der Waals surface area (Å²) in [6.07, 6.45) is 0. The van der Waals surface area contributed by atoms with Crippen LogP contribution in [0.1, 0.15) is 16.7 Å². The number of aromatic nitrogens is 1. The second-order valence-corrected chi connectivity index (χ2v) is 5.93. The van der Waals surface area contributed by atoms with Crippen molar-refractivity contribution in [2.24, 2.45) is 0 Å². The molecule has 4 heteroatoms. The molecule has 0 unspecified atom stereocenters. The molecule has 0 saturated heterocycles. The smallest absolute Gasteiger partial charge is 0.142 e. The van der Waals surface area contributed by atoms with Gasteiger partial charge in [0.15, 0.2) is 0 Å². The van der Waals surface area contributed by atoms with E-state index in [1.807, 2.05) is 62.4 Å². The molecular weight excluding hydrogens is 310 g/mol. The molecule has 4 nitrogen and oxygen atoms in total. The normalized spacial score (nSPS) is 10.3. The van der Waals surface area contributed by atoms with Crippen LogP contribution < -0.4 is 10.5 Å². The molecule has 0 saturated carbocycles. The third kappa shape index (κ3) is 3.05. The SMILES string of the molecule is COc1ccc(-c2c(C)c(-c3ccc(C)cc3)nc(N)c2C#N)cc1. The first-order chi connectivity index (χ1) is 12.0. The van der Waals surface area contributed by atoms with Gasteiger partial charge in [-0.1, -0.05) is 42.0 Å². The molecule has 0 amide bonds. The highest BCUT2D eigenvalue weighted by Crippen LogP contribution is 2.36. The molecule has 0 fully saturated rings. The standard InChI is InChI=1S/C21H19N3O/c1-13-4-6-16(7-5-13)20-14(2)19(18(12-22)21(23)24-20)15-8-10-17(25-3)11-9-15/h4-11H,1-3H3,(H2,23,24). The van der Waals surface area contributed by atoms with Crippen molar-refractivity contribution in [1.29, 1.82) is 5.26 Å². The van der Waals surface area contributed by atoms with E-state index in [4.69, 9.17) is 10.5 Å². The van der Waals surface area contributed by atoms with Crippen LogP contribution in [0, 0.1) is 25.2 Å². The predicted molar refractivity (Wildman–Crippen MR) is 100 cm³/mol. The molecule has 0 bridgehead atoms. The molecule has 124 valence electrons. The van der Waals surface area contributed by atoms with E-state index in [0.717, 1.165) is 33.7 Å². The van der Waals surface area contributed by atoms with Crippen LogP contribution in [-0.4, -0.2) is 12.1 Å². The van der Waals surface area contributed by atoms with Crippen molar-refractivity contribution < 1.29 is 4.74 Å². The summed E-state index contributed by atoms with van der Waals surface area (Å²) in [5.74, 6) is 1.01. The zero-order valence-electron chi connectivity index (χ0n) is 14.5. The second-order valence-electron chi connectivity index (χ2n) is 5.93. The number of benzene rings is 2. The summed E-state index contributed by atoms with van der Waals surface area (Å²) in [7, 11) is 1.63. The molecule has 0 atom stereocenters. The summed E-state index contributed by atoms with van der Waals surface area (Å²) in [6, 6.07) is 17.9. The van der Waals surface area contributed by atoms with Gasteiger partial charge in [-0.05, 0) is 37.1 Å². The Morgan fingerprint density at radius 2 is 1.56 bits per heavy atom. The highest BCUT2D eigenvalue weighted by atomic mass is 16.5. The van der Waals surface area contributed by atoms with Gasteiger partial charge in [0, 0.05) is 11.1 Å². The summed E-state index contributed by atoms with van der Waals surface area (Å²) in [6.45, 7) is 4.02. The minimum absolute atomic E-state index is 0.245. The second kappa shape index (κ2) is 6.66. The molecule has 0 aliphatic carbocycles. The Hall–Kier alpha value is -3.32. The van der Waals surface area contributed by atoms with Crippen LogP contribution in [0.2, 0.25) is 0 Å². The molecule has 2 aromatic carbocycles. The van der Waals surface area contributed by atoms with Crippen LogP contribution in [-0.2, 0) is 0 Å². The first-order valence-electron chi connectivity index (χ1n) is 7.96. The summed E-state index contributed by atoms with van der Waals surface area (Å²) in [5, 5.41) is 9.59. The highest BCUT2D eigenvalue weighted by molar-refractivity contribution is 5.84. The molecule has 3 aromatic rings. The fraction of sp³-hybridized carbons (Fsp3) is 0.143. The number of nitrogens with two attached hydrogens (primary N) is 1. The van der Waals surface area contributed by atoms with E-state index in [0.29, 0.717) is 5.56 Å². The van der Waals surface area contributed by atoms with Crippen LogP contribution in [0.15, 0.2) is 48.5 Å². The number of hydrogen-bond donors (Lipinski definition) is 1. The first-order valence-corrected chi connectivity index (χ1v) is 7.96. The van der Waals surface area contributed by atoms with Crippen molar-refractivity contribution in [3.8, 4) is 34.2 Å². The van der Waals surface area contributed by atoms with E-state index in [2.05, 4.69) is 11.1 Å². The monoisotopic (exact) mass is 329 g/mol. The predicted octanol–water partition coefficient (Wildman–Crippen LogP) is 4.49. The Kier molecular flexibility index (Phi) is 4.40. The maximum Gasteiger partial charge on any atom is 0.142 e. The summed E-state index contributed by atoms with van der Waals surface area (Å²) < 4.78 is 5.22. The van der Waals surface area contributed by atoms with Gasteiger partial charge in [0.1, 0.15) is 23.2 Å². The molecule has 1 aromatic heterocycles. The summed E-state index contributed by atoms with van der Waals surface area (Å²) >= 11 is 0. The quantitative estimate of drug-likeness (QED) is 0.768. The van der Waals surface area contributed by atoms with Gasteiger partial charge in [0.2, 0.25) is 0 Å². The van der Waals surface area contributed by atoms with E-state index >= 15 is 0 Å². The number of nitriles is 1. The van der Waals surface area contributed by atoms with Crippen molar-refractivity contribution in [3.63, 3.8) is 0 Å². The summed E-state index contributed by atoms with van der Waals surface area (Å²) in [4.78, 5) is 4.49. The number of methoxy groups -OCH3 is 1. The van der Waals surface area contributed by atoms with E-state index in [1.54, 1.807) is 7.11 Å². The van der Waals surface area contributed by atoms with Gasteiger partial charge in [0.25, 0.3) is 0 Å². The molecule has 0 radical (unpaired) electrons. The zero-order valence-corrected chi connectivity index (χ0v) is 14.5. The fourth-order valence-corrected chi connectivity index (χ4v) is 2.92. The number of aryl methyl sites for hydroxylation is 1.